The normalized spacial score (nSPS) is 20.5. The second-order valence-electron chi connectivity index (χ2n) is 8.27. The van der Waals surface area contributed by atoms with Crippen LogP contribution in [0.25, 0.3) is 0 Å². The van der Waals surface area contributed by atoms with Crippen molar-refractivity contribution in [3.63, 3.8) is 0 Å². The Balaban J connectivity index is 1.42. The highest BCUT2D eigenvalue weighted by Gasteiger charge is 2.33. The van der Waals surface area contributed by atoms with Gasteiger partial charge in [-0.1, -0.05) is 29.8 Å². The van der Waals surface area contributed by atoms with Gasteiger partial charge in [0.15, 0.2) is 0 Å². The Labute approximate surface area is 183 Å². The van der Waals surface area contributed by atoms with E-state index in [0.717, 1.165) is 18.4 Å². The first kappa shape index (κ1) is 21.3. The molecule has 2 aliphatic rings. The number of rotatable bonds is 5. The quantitative estimate of drug-likeness (QED) is 0.751. The number of amides is 1. The van der Waals surface area contributed by atoms with E-state index in [1.807, 2.05) is 6.92 Å². The summed E-state index contributed by atoms with van der Waals surface area (Å²) in [4.78, 5) is 13.1. The van der Waals surface area contributed by atoms with E-state index >= 15 is 0 Å². The van der Waals surface area contributed by atoms with Crippen molar-refractivity contribution in [3.05, 3.63) is 64.2 Å². The van der Waals surface area contributed by atoms with Crippen molar-refractivity contribution in [1.29, 1.82) is 0 Å². The van der Waals surface area contributed by atoms with E-state index in [1.54, 1.807) is 12.1 Å². The summed E-state index contributed by atoms with van der Waals surface area (Å²) in [6.45, 7) is 2.61. The molecule has 1 N–H and O–H groups in total. The molecule has 1 heterocycles. The van der Waals surface area contributed by atoms with Gasteiger partial charge in [0.2, 0.25) is 15.9 Å². The van der Waals surface area contributed by atoms with Crippen LogP contribution in [0.1, 0.15) is 48.9 Å². The Bertz CT molecular complexity index is 1040. The van der Waals surface area contributed by atoms with Gasteiger partial charge in [-0.25, -0.2) is 8.42 Å². The number of halogens is 1. The molecular formula is C23H27ClN2O3S. The van der Waals surface area contributed by atoms with Crippen molar-refractivity contribution in [1.82, 2.24) is 9.62 Å². The van der Waals surface area contributed by atoms with Gasteiger partial charge in [0.1, 0.15) is 0 Å². The number of benzene rings is 2. The van der Waals surface area contributed by atoms with Crippen LogP contribution in [0.2, 0.25) is 5.02 Å². The second kappa shape index (κ2) is 8.69. The van der Waals surface area contributed by atoms with Crippen molar-refractivity contribution in [2.24, 2.45) is 5.92 Å². The average Bonchev–Trinajstić information content (AvgIpc) is 3.22. The van der Waals surface area contributed by atoms with Gasteiger partial charge < -0.3 is 5.32 Å². The Morgan fingerprint density at radius 2 is 1.83 bits per heavy atom. The molecular weight excluding hydrogens is 420 g/mol. The number of hydrogen-bond acceptors (Lipinski definition) is 3. The van der Waals surface area contributed by atoms with Gasteiger partial charge in [-0.2, -0.15) is 4.31 Å². The van der Waals surface area contributed by atoms with E-state index in [9.17, 15) is 13.2 Å². The Morgan fingerprint density at radius 3 is 2.60 bits per heavy atom. The number of fused-ring (bicyclic) bond motifs is 1. The Morgan fingerprint density at radius 1 is 1.10 bits per heavy atom. The minimum Gasteiger partial charge on any atom is -0.349 e. The van der Waals surface area contributed by atoms with Crippen molar-refractivity contribution >= 4 is 27.5 Å². The molecule has 1 saturated heterocycles. The van der Waals surface area contributed by atoms with Gasteiger partial charge >= 0.3 is 0 Å². The molecule has 1 fully saturated rings. The highest BCUT2D eigenvalue weighted by atomic mass is 35.5. The maximum atomic E-state index is 13.0. The summed E-state index contributed by atoms with van der Waals surface area (Å²) >= 11 is 5.88. The predicted molar refractivity (Wildman–Crippen MR) is 118 cm³/mol. The second-order valence-corrected chi connectivity index (χ2v) is 10.6. The topological polar surface area (TPSA) is 66.5 Å². The summed E-state index contributed by atoms with van der Waals surface area (Å²) in [5, 5.41) is 3.59. The van der Waals surface area contributed by atoms with Crippen LogP contribution in [-0.2, 0) is 27.7 Å². The molecule has 160 valence electrons. The number of sulfonamides is 1. The van der Waals surface area contributed by atoms with Crippen LogP contribution in [0.15, 0.2) is 47.4 Å². The third-order valence-corrected chi connectivity index (χ3v) is 8.32. The summed E-state index contributed by atoms with van der Waals surface area (Å²) in [7, 11) is -3.64. The van der Waals surface area contributed by atoms with E-state index in [0.29, 0.717) is 24.4 Å². The first-order valence-electron chi connectivity index (χ1n) is 10.5. The summed E-state index contributed by atoms with van der Waals surface area (Å²) in [6, 6.07) is 12.5. The first-order chi connectivity index (χ1) is 14.3. The van der Waals surface area contributed by atoms with Gasteiger partial charge in [0, 0.05) is 18.1 Å². The third kappa shape index (κ3) is 4.41. The molecule has 1 aliphatic carbocycles. The zero-order valence-electron chi connectivity index (χ0n) is 17.1. The summed E-state index contributed by atoms with van der Waals surface area (Å²) in [5.74, 6) is -0.434. The Kier molecular flexibility index (Phi) is 6.19. The largest absolute Gasteiger partial charge is 0.349 e. The summed E-state index contributed by atoms with van der Waals surface area (Å²) in [6.07, 6.45) is 4.79. The fourth-order valence-corrected chi connectivity index (χ4v) is 6.06. The van der Waals surface area contributed by atoms with Crippen LogP contribution in [0.5, 0.6) is 0 Å². The maximum absolute atomic E-state index is 13.0. The van der Waals surface area contributed by atoms with E-state index in [1.165, 1.54) is 34.0 Å². The number of nitrogens with zero attached hydrogens (tertiary/aromatic N) is 1. The van der Waals surface area contributed by atoms with Crippen molar-refractivity contribution in [3.8, 4) is 0 Å². The van der Waals surface area contributed by atoms with Gasteiger partial charge in [-0.3, -0.25) is 4.79 Å². The number of hydrogen-bond donors (Lipinski definition) is 1. The van der Waals surface area contributed by atoms with Crippen LogP contribution < -0.4 is 5.32 Å². The molecule has 1 amide bonds. The minimum atomic E-state index is -3.64. The van der Waals surface area contributed by atoms with E-state index in [-0.39, 0.29) is 29.3 Å². The van der Waals surface area contributed by atoms with Gasteiger partial charge in [0.25, 0.3) is 0 Å². The average molecular weight is 447 g/mol. The SMILES string of the molecule is C[C@@H](NC(=O)[C@@H]1CCCN(S(=O)(=O)c2ccc(Cl)cc2)C1)c1ccc2c(c1)CCC2. The fourth-order valence-electron chi connectivity index (χ4n) is 4.41. The summed E-state index contributed by atoms with van der Waals surface area (Å²) in [5.41, 5.74) is 3.89. The van der Waals surface area contributed by atoms with Crippen LogP contribution in [0.4, 0.5) is 0 Å². The molecule has 4 rings (SSSR count). The third-order valence-electron chi connectivity index (χ3n) is 6.19. The zero-order chi connectivity index (χ0) is 21.3. The number of piperidine rings is 1. The summed E-state index contributed by atoms with van der Waals surface area (Å²) < 4.78 is 27.4. The Hall–Kier alpha value is -1.89. The molecule has 0 spiro atoms. The van der Waals surface area contributed by atoms with E-state index < -0.39 is 10.0 Å². The zero-order valence-corrected chi connectivity index (χ0v) is 18.7. The van der Waals surface area contributed by atoms with Crippen molar-refractivity contribution < 1.29 is 13.2 Å². The van der Waals surface area contributed by atoms with Crippen LogP contribution in [0.3, 0.4) is 0 Å². The van der Waals surface area contributed by atoms with Crippen molar-refractivity contribution in [2.45, 2.75) is 50.0 Å². The van der Waals surface area contributed by atoms with E-state index in [4.69, 9.17) is 11.6 Å². The highest BCUT2D eigenvalue weighted by molar-refractivity contribution is 7.89. The first-order valence-corrected chi connectivity index (χ1v) is 12.3. The lowest BCUT2D eigenvalue weighted by Gasteiger charge is -2.32. The van der Waals surface area contributed by atoms with Gasteiger partial charge in [-0.15, -0.1) is 0 Å². The molecule has 2 aromatic rings. The van der Waals surface area contributed by atoms with Crippen molar-refractivity contribution in [2.75, 3.05) is 13.1 Å². The van der Waals surface area contributed by atoms with Gasteiger partial charge in [0.05, 0.1) is 16.9 Å². The fraction of sp³-hybridized carbons (Fsp3) is 0.435. The molecule has 0 bridgehead atoms. The number of carbonyl (C=O) groups excluding carboxylic acids is 1. The molecule has 5 nitrogen and oxygen atoms in total. The lowest BCUT2D eigenvalue weighted by Crippen LogP contribution is -2.45. The maximum Gasteiger partial charge on any atom is 0.243 e. The molecule has 0 saturated carbocycles. The number of aryl methyl sites for hydroxylation is 2. The smallest absolute Gasteiger partial charge is 0.243 e. The standard InChI is InChI=1S/C23H27ClN2O3S/c1-16(18-8-7-17-4-2-5-19(17)14-18)25-23(27)20-6-3-13-26(15-20)30(28,29)22-11-9-21(24)10-12-22/h7-12,14,16,20H,2-6,13,15H2,1H3,(H,25,27)/t16-,20-/m1/s1. The molecule has 7 heteroatoms. The lowest BCUT2D eigenvalue weighted by atomic mass is 9.97. The van der Waals surface area contributed by atoms with Crippen LogP contribution in [-0.4, -0.2) is 31.7 Å². The highest BCUT2D eigenvalue weighted by Crippen LogP contribution is 2.27. The monoisotopic (exact) mass is 446 g/mol. The van der Waals surface area contributed by atoms with Gasteiger partial charge in [-0.05, 0) is 80.0 Å². The predicted octanol–water partition coefficient (Wildman–Crippen LogP) is 4.11. The molecule has 2 atom stereocenters. The molecule has 0 unspecified atom stereocenters. The lowest BCUT2D eigenvalue weighted by molar-refractivity contribution is -0.126. The van der Waals surface area contributed by atoms with Crippen LogP contribution >= 0.6 is 11.6 Å². The van der Waals surface area contributed by atoms with Crippen LogP contribution in [0, 0.1) is 5.92 Å². The molecule has 30 heavy (non-hydrogen) atoms. The number of nitrogens with one attached hydrogen (secondary N) is 1. The molecule has 0 aromatic heterocycles. The molecule has 1 aliphatic heterocycles. The molecule has 2 aromatic carbocycles. The molecule has 0 radical (unpaired) electrons. The minimum absolute atomic E-state index is 0.0843. The number of carbonyl (C=O) groups is 1. The van der Waals surface area contributed by atoms with E-state index in [2.05, 4.69) is 23.5 Å².